The summed E-state index contributed by atoms with van der Waals surface area (Å²) in [6, 6.07) is 0.927. The van der Waals surface area contributed by atoms with Crippen molar-refractivity contribution in [2.24, 2.45) is 0 Å². The third kappa shape index (κ3) is 5.11. The van der Waals surface area contributed by atoms with Gasteiger partial charge >= 0.3 is 5.97 Å². The largest absolute Gasteiger partial charge is 0.465 e. The first-order valence-corrected chi connectivity index (χ1v) is 7.75. The minimum Gasteiger partial charge on any atom is -0.465 e. The lowest BCUT2D eigenvalue weighted by Gasteiger charge is -2.40. The van der Waals surface area contributed by atoms with Gasteiger partial charge in [-0.3, -0.25) is 9.69 Å². The molecule has 0 bridgehead atoms. The molecule has 0 aromatic carbocycles. The van der Waals surface area contributed by atoms with E-state index in [0.717, 1.165) is 19.5 Å². The highest BCUT2D eigenvalue weighted by Crippen LogP contribution is 2.22. The van der Waals surface area contributed by atoms with Crippen molar-refractivity contribution in [3.8, 4) is 0 Å². The van der Waals surface area contributed by atoms with Gasteiger partial charge in [0, 0.05) is 18.6 Å². The molecule has 112 valence electrons. The Kier molecular flexibility index (Phi) is 7.39. The molecule has 0 radical (unpaired) electrons. The molecule has 0 aliphatic carbocycles. The fraction of sp³-hybridized carbons (Fsp3) is 0.933. The Morgan fingerprint density at radius 2 is 1.95 bits per heavy atom. The van der Waals surface area contributed by atoms with Crippen LogP contribution in [0.15, 0.2) is 0 Å². The number of carbonyl (C=O) groups is 1. The summed E-state index contributed by atoms with van der Waals surface area (Å²) in [4.78, 5) is 14.5. The Bertz CT molecular complexity index is 261. The molecule has 0 spiro atoms. The highest BCUT2D eigenvalue weighted by atomic mass is 16.5. The molecule has 3 atom stereocenters. The average molecular weight is 270 g/mol. The fourth-order valence-corrected chi connectivity index (χ4v) is 2.83. The zero-order chi connectivity index (χ0) is 14.3. The van der Waals surface area contributed by atoms with Gasteiger partial charge in [-0.1, -0.05) is 13.3 Å². The average Bonchev–Trinajstić information content (AvgIpc) is 2.37. The Balaban J connectivity index is 2.60. The zero-order valence-corrected chi connectivity index (χ0v) is 12.9. The molecule has 19 heavy (non-hydrogen) atoms. The van der Waals surface area contributed by atoms with Crippen molar-refractivity contribution in [2.75, 3.05) is 19.7 Å². The van der Waals surface area contributed by atoms with Crippen molar-refractivity contribution in [2.45, 2.75) is 71.5 Å². The summed E-state index contributed by atoms with van der Waals surface area (Å²) >= 11 is 0. The first-order chi connectivity index (χ1) is 9.10. The summed E-state index contributed by atoms with van der Waals surface area (Å²) in [7, 11) is 0. The van der Waals surface area contributed by atoms with E-state index in [1.54, 1.807) is 0 Å². The van der Waals surface area contributed by atoms with E-state index in [0.29, 0.717) is 18.7 Å². The van der Waals surface area contributed by atoms with Crippen LogP contribution in [0.2, 0.25) is 0 Å². The molecule has 1 fully saturated rings. The molecule has 1 rings (SSSR count). The third-order valence-electron chi connectivity index (χ3n) is 3.98. The summed E-state index contributed by atoms with van der Waals surface area (Å²) in [5.74, 6) is -0.110. The summed E-state index contributed by atoms with van der Waals surface area (Å²) in [5.41, 5.74) is 0. The standard InChI is InChI=1S/C15H30N2O2/c1-5-10-16-14(15(18)19-6-2)11-17-12(3)8-7-9-13(17)4/h12-14,16H,5-11H2,1-4H3. The molecular weight excluding hydrogens is 240 g/mol. The number of hydrogen-bond acceptors (Lipinski definition) is 4. The molecular formula is C15H30N2O2. The molecule has 0 amide bonds. The van der Waals surface area contributed by atoms with Crippen LogP contribution in [0.4, 0.5) is 0 Å². The van der Waals surface area contributed by atoms with Crippen LogP contribution in [0.5, 0.6) is 0 Å². The van der Waals surface area contributed by atoms with E-state index >= 15 is 0 Å². The molecule has 4 nitrogen and oxygen atoms in total. The molecule has 1 aliphatic rings. The maximum atomic E-state index is 12.0. The Hall–Kier alpha value is -0.610. The molecule has 1 heterocycles. The van der Waals surface area contributed by atoms with Crippen molar-refractivity contribution in [3.63, 3.8) is 0 Å². The van der Waals surface area contributed by atoms with Crippen molar-refractivity contribution in [3.05, 3.63) is 0 Å². The minimum atomic E-state index is -0.192. The van der Waals surface area contributed by atoms with Gasteiger partial charge in [0.15, 0.2) is 0 Å². The van der Waals surface area contributed by atoms with Crippen LogP contribution in [-0.2, 0) is 9.53 Å². The monoisotopic (exact) mass is 270 g/mol. The lowest BCUT2D eigenvalue weighted by atomic mass is 9.97. The second-order valence-electron chi connectivity index (χ2n) is 5.58. The SMILES string of the molecule is CCCNC(CN1C(C)CCCC1C)C(=O)OCC. The summed E-state index contributed by atoms with van der Waals surface area (Å²) in [6.45, 7) is 10.6. The number of rotatable bonds is 7. The smallest absolute Gasteiger partial charge is 0.324 e. The van der Waals surface area contributed by atoms with E-state index in [1.165, 1.54) is 19.3 Å². The predicted octanol–water partition coefficient (Wildman–Crippen LogP) is 2.18. The molecule has 1 aliphatic heterocycles. The Morgan fingerprint density at radius 1 is 1.32 bits per heavy atom. The number of hydrogen-bond donors (Lipinski definition) is 1. The van der Waals surface area contributed by atoms with Crippen molar-refractivity contribution >= 4 is 5.97 Å². The van der Waals surface area contributed by atoms with Crippen molar-refractivity contribution in [1.29, 1.82) is 0 Å². The van der Waals surface area contributed by atoms with Gasteiger partial charge in [-0.15, -0.1) is 0 Å². The molecule has 1 N–H and O–H groups in total. The van der Waals surface area contributed by atoms with E-state index < -0.39 is 0 Å². The van der Waals surface area contributed by atoms with Crippen LogP contribution >= 0.6 is 0 Å². The minimum absolute atomic E-state index is 0.110. The maximum Gasteiger partial charge on any atom is 0.324 e. The molecule has 0 aromatic rings. The number of likely N-dealkylation sites (tertiary alicyclic amines) is 1. The molecule has 0 aromatic heterocycles. The predicted molar refractivity (Wildman–Crippen MR) is 78.2 cm³/mol. The van der Waals surface area contributed by atoms with Gasteiger partial charge in [-0.2, -0.15) is 0 Å². The number of carbonyl (C=O) groups excluding carboxylic acids is 1. The van der Waals surface area contributed by atoms with Gasteiger partial charge < -0.3 is 10.1 Å². The molecule has 0 saturated carbocycles. The zero-order valence-electron chi connectivity index (χ0n) is 12.9. The second-order valence-corrected chi connectivity index (χ2v) is 5.58. The third-order valence-corrected chi connectivity index (χ3v) is 3.98. The van der Waals surface area contributed by atoms with E-state index in [1.807, 2.05) is 6.92 Å². The first-order valence-electron chi connectivity index (χ1n) is 7.75. The van der Waals surface area contributed by atoms with Crippen molar-refractivity contribution < 1.29 is 9.53 Å². The van der Waals surface area contributed by atoms with Crippen molar-refractivity contribution in [1.82, 2.24) is 10.2 Å². The van der Waals surface area contributed by atoms with E-state index in [2.05, 4.69) is 31.0 Å². The molecule has 4 heteroatoms. The number of ether oxygens (including phenoxy) is 1. The quantitative estimate of drug-likeness (QED) is 0.720. The van der Waals surface area contributed by atoms with Crippen LogP contribution in [0, 0.1) is 0 Å². The van der Waals surface area contributed by atoms with Gasteiger partial charge in [0.2, 0.25) is 0 Å². The normalized spacial score (nSPS) is 26.1. The van der Waals surface area contributed by atoms with Crippen LogP contribution in [0.3, 0.4) is 0 Å². The van der Waals surface area contributed by atoms with Gasteiger partial charge in [0.05, 0.1) is 6.61 Å². The van der Waals surface area contributed by atoms with Gasteiger partial charge in [-0.25, -0.2) is 0 Å². The highest BCUT2D eigenvalue weighted by molar-refractivity contribution is 5.76. The van der Waals surface area contributed by atoms with Gasteiger partial charge in [0.1, 0.15) is 6.04 Å². The van der Waals surface area contributed by atoms with E-state index in [4.69, 9.17) is 4.74 Å². The number of piperidine rings is 1. The maximum absolute atomic E-state index is 12.0. The van der Waals surface area contributed by atoms with Gasteiger partial charge in [0.25, 0.3) is 0 Å². The number of nitrogens with one attached hydrogen (secondary N) is 1. The Labute approximate surface area is 117 Å². The fourth-order valence-electron chi connectivity index (χ4n) is 2.83. The van der Waals surface area contributed by atoms with E-state index in [9.17, 15) is 4.79 Å². The van der Waals surface area contributed by atoms with Gasteiger partial charge in [-0.05, 0) is 46.6 Å². The lowest BCUT2D eigenvalue weighted by Crippen LogP contribution is -2.53. The summed E-state index contributed by atoms with van der Waals surface area (Å²) in [5, 5.41) is 3.33. The lowest BCUT2D eigenvalue weighted by molar-refractivity contribution is -0.146. The topological polar surface area (TPSA) is 41.6 Å². The molecule has 1 saturated heterocycles. The second kappa shape index (κ2) is 8.54. The Morgan fingerprint density at radius 3 is 2.47 bits per heavy atom. The van der Waals surface area contributed by atoms with Crippen LogP contribution in [0.1, 0.15) is 53.4 Å². The van der Waals surface area contributed by atoms with Crippen LogP contribution in [-0.4, -0.2) is 48.7 Å². The number of esters is 1. The van der Waals surface area contributed by atoms with Crippen LogP contribution in [0.25, 0.3) is 0 Å². The first kappa shape index (κ1) is 16.4. The number of nitrogens with zero attached hydrogens (tertiary/aromatic N) is 1. The summed E-state index contributed by atoms with van der Waals surface area (Å²) < 4.78 is 5.18. The molecule has 3 unspecified atom stereocenters. The summed E-state index contributed by atoms with van der Waals surface area (Å²) in [6.07, 6.45) is 4.79. The highest BCUT2D eigenvalue weighted by Gasteiger charge is 2.30. The van der Waals surface area contributed by atoms with E-state index in [-0.39, 0.29) is 12.0 Å². The van der Waals surface area contributed by atoms with Crippen LogP contribution < -0.4 is 5.32 Å².